The van der Waals surface area contributed by atoms with Crippen molar-refractivity contribution in [3.63, 3.8) is 0 Å². The van der Waals surface area contributed by atoms with E-state index in [9.17, 15) is 31.7 Å². The molecule has 0 aromatic heterocycles. The Balaban J connectivity index is 1.09. The van der Waals surface area contributed by atoms with E-state index in [0.29, 0.717) is 17.2 Å². The third-order valence-electron chi connectivity index (χ3n) is 10.1. The minimum absolute atomic E-state index is 0.0709. The number of sulfonamides is 2. The molecule has 0 aliphatic carbocycles. The van der Waals surface area contributed by atoms with Crippen LogP contribution in [-0.4, -0.2) is 76.8 Å². The molecule has 316 valence electrons. The van der Waals surface area contributed by atoms with Gasteiger partial charge in [-0.1, -0.05) is 86.0 Å². The number of carbonyl (C=O) groups excluding carboxylic acids is 1. The number of unbranched alkanes of at least 4 members (excludes halogenated alkanes) is 1. The minimum atomic E-state index is -4.51. The molecule has 1 unspecified atom stereocenters. The van der Waals surface area contributed by atoms with E-state index in [4.69, 9.17) is 11.6 Å². The van der Waals surface area contributed by atoms with Crippen molar-refractivity contribution in [3.8, 4) is 11.1 Å². The van der Waals surface area contributed by atoms with E-state index in [-0.39, 0.29) is 11.3 Å². The van der Waals surface area contributed by atoms with E-state index in [1.54, 1.807) is 36.4 Å². The van der Waals surface area contributed by atoms with Crippen LogP contribution in [0, 0.1) is 10.1 Å². The van der Waals surface area contributed by atoms with E-state index in [1.807, 2.05) is 61.5 Å². The molecule has 0 saturated carbocycles. The largest absolute Gasteiger partial charge is 0.372 e. The lowest BCUT2D eigenvalue weighted by Gasteiger charge is -2.36. The second kappa shape index (κ2) is 20.1. The van der Waals surface area contributed by atoms with Crippen molar-refractivity contribution in [3.05, 3.63) is 148 Å². The standard InChI is InChI=1S/C43H47ClN6O7S3/c1-3-4-11-36(31-58(47-59(2,54)55)38-12-6-5-7-13-38)45-41-24-23-39(29-42(41)50(52)53)60(56,57)46-43(51)33-17-21-37(22-18-33)49-27-25-48(26-28-49)30-34-10-8-9-14-40(34)32-15-19-35(44)20-16-32/h5-10,12-24,29,36,45,47H,3-4,11,25-28,30-31H2,1-2H3/p+1/t36-,58?/m1/s1. The summed E-state index contributed by atoms with van der Waals surface area (Å²) < 4.78 is 56.2. The van der Waals surface area contributed by atoms with Gasteiger partial charge in [-0.2, -0.15) is 0 Å². The maximum absolute atomic E-state index is 13.4. The summed E-state index contributed by atoms with van der Waals surface area (Å²) in [5, 5.41) is 16.2. The van der Waals surface area contributed by atoms with Crippen LogP contribution in [0.3, 0.4) is 0 Å². The highest BCUT2D eigenvalue weighted by atomic mass is 35.5. The topological polar surface area (TPSA) is 171 Å². The molecule has 0 bridgehead atoms. The van der Waals surface area contributed by atoms with Gasteiger partial charge in [-0.25, -0.2) is 21.6 Å². The second-order valence-electron chi connectivity index (χ2n) is 14.6. The first kappa shape index (κ1) is 44.6. The molecule has 1 fully saturated rings. The van der Waals surface area contributed by atoms with Gasteiger partial charge < -0.3 is 10.2 Å². The molecule has 1 saturated heterocycles. The zero-order valence-corrected chi connectivity index (χ0v) is 36.5. The average molecular weight is 893 g/mol. The van der Waals surface area contributed by atoms with Gasteiger partial charge in [0, 0.05) is 55.1 Å². The fourth-order valence-corrected chi connectivity index (χ4v) is 11.6. The Labute approximate surface area is 359 Å². The predicted molar refractivity (Wildman–Crippen MR) is 240 cm³/mol. The number of halogens is 1. The van der Waals surface area contributed by atoms with Crippen LogP contribution in [-0.2, 0) is 37.7 Å². The van der Waals surface area contributed by atoms with E-state index >= 15 is 0 Å². The summed E-state index contributed by atoms with van der Waals surface area (Å²) in [5.41, 5.74) is 4.09. The van der Waals surface area contributed by atoms with Crippen molar-refractivity contribution >= 4 is 65.7 Å². The lowest BCUT2D eigenvalue weighted by atomic mass is 9.99. The molecule has 13 nitrogen and oxygen atoms in total. The van der Waals surface area contributed by atoms with Gasteiger partial charge in [0.25, 0.3) is 21.6 Å². The number of hydrogen-bond acceptors (Lipinski definition) is 10. The molecule has 5 aromatic carbocycles. The number of rotatable bonds is 18. The number of nitrogens with one attached hydrogen (secondary N) is 3. The van der Waals surface area contributed by atoms with Gasteiger partial charge in [0.2, 0.25) is 10.0 Å². The van der Waals surface area contributed by atoms with Gasteiger partial charge in [-0.05, 0) is 87.9 Å². The van der Waals surface area contributed by atoms with Crippen LogP contribution in [0.2, 0.25) is 5.02 Å². The summed E-state index contributed by atoms with van der Waals surface area (Å²) in [7, 11) is -8.11. The Hall–Kier alpha value is -4.97. The normalized spacial score (nSPS) is 14.6. The van der Waals surface area contributed by atoms with Gasteiger partial charge in [0.05, 0.1) is 22.1 Å². The third-order valence-corrected chi connectivity index (χ3v) is 15.2. The minimum Gasteiger partial charge on any atom is -0.372 e. The van der Waals surface area contributed by atoms with E-state index in [1.165, 1.54) is 23.3 Å². The number of amides is 1. The van der Waals surface area contributed by atoms with Crippen molar-refractivity contribution in [1.29, 1.82) is 0 Å². The lowest BCUT2D eigenvalue weighted by Crippen LogP contribution is -2.46. The molecule has 1 heterocycles. The molecule has 17 heteroatoms. The van der Waals surface area contributed by atoms with Crippen LogP contribution in [0.4, 0.5) is 17.1 Å². The first-order chi connectivity index (χ1) is 28.7. The van der Waals surface area contributed by atoms with Crippen molar-refractivity contribution < 1.29 is 26.6 Å². The molecule has 6 rings (SSSR count). The van der Waals surface area contributed by atoms with Crippen molar-refractivity contribution in [1.82, 2.24) is 13.7 Å². The number of carbonyl (C=O) groups is 1. The van der Waals surface area contributed by atoms with Crippen LogP contribution < -0.4 is 19.1 Å². The monoisotopic (exact) mass is 891 g/mol. The van der Waals surface area contributed by atoms with Crippen LogP contribution in [0.5, 0.6) is 0 Å². The number of nitro groups is 1. The molecule has 1 amide bonds. The quantitative estimate of drug-likeness (QED) is 0.0456. The van der Waals surface area contributed by atoms with Crippen LogP contribution >= 0.6 is 11.6 Å². The zero-order chi connectivity index (χ0) is 42.9. The van der Waals surface area contributed by atoms with Crippen molar-refractivity contribution in [2.75, 3.05) is 48.4 Å². The number of nitrogens with zero attached hydrogens (tertiary/aromatic N) is 3. The predicted octanol–water partition coefficient (Wildman–Crippen LogP) is 7.47. The van der Waals surface area contributed by atoms with E-state index in [2.05, 4.69) is 36.1 Å². The summed E-state index contributed by atoms with van der Waals surface area (Å²) >= 11 is 5.15. The SMILES string of the molecule is CCCC[C@H](C[S+](NS(C)(=O)=O)c1ccccc1)Nc1ccc(S(=O)(=O)NC(=O)c2ccc(N3CCN(Cc4ccccc4-c4ccc(Cl)cc4)CC3)cc2)cc1[N+](=O)[O-]. The van der Waals surface area contributed by atoms with Crippen LogP contribution in [0.25, 0.3) is 11.1 Å². The van der Waals surface area contributed by atoms with Gasteiger partial charge >= 0.3 is 0 Å². The fourth-order valence-electron chi connectivity index (χ4n) is 7.00. The molecular formula is C43H48ClN6O7S3+. The zero-order valence-electron chi connectivity index (χ0n) is 33.3. The summed E-state index contributed by atoms with van der Waals surface area (Å²) in [6, 6.07) is 34.9. The maximum Gasteiger partial charge on any atom is 0.293 e. The number of anilines is 2. The third kappa shape index (κ3) is 12.1. The maximum atomic E-state index is 13.4. The smallest absolute Gasteiger partial charge is 0.293 e. The van der Waals surface area contributed by atoms with Crippen LogP contribution in [0.15, 0.2) is 131 Å². The number of hydrogen-bond donors (Lipinski definition) is 3. The second-order valence-corrected chi connectivity index (χ2v) is 20.5. The first-order valence-corrected chi connectivity index (χ1v) is 24.6. The molecule has 5 aromatic rings. The van der Waals surface area contributed by atoms with Crippen molar-refractivity contribution in [2.24, 2.45) is 0 Å². The Bertz CT molecular complexity index is 2490. The number of benzene rings is 5. The molecule has 3 N–H and O–H groups in total. The Kier molecular flexibility index (Phi) is 14.9. The highest BCUT2D eigenvalue weighted by Gasteiger charge is 2.32. The van der Waals surface area contributed by atoms with Crippen LogP contribution in [0.1, 0.15) is 42.1 Å². The Morgan fingerprint density at radius 2 is 1.53 bits per heavy atom. The lowest BCUT2D eigenvalue weighted by molar-refractivity contribution is -0.384. The Morgan fingerprint density at radius 1 is 0.867 bits per heavy atom. The van der Waals surface area contributed by atoms with Gasteiger partial charge in [0.1, 0.15) is 16.8 Å². The number of piperazine rings is 1. The van der Waals surface area contributed by atoms with Gasteiger partial charge in [0.15, 0.2) is 10.6 Å². The van der Waals surface area contributed by atoms with Gasteiger partial charge in [-0.3, -0.25) is 19.8 Å². The number of nitro benzene ring substituents is 1. The molecule has 2 atom stereocenters. The molecule has 0 spiro atoms. The first-order valence-electron chi connectivity index (χ1n) is 19.5. The fraction of sp³-hybridized carbons (Fsp3) is 0.279. The van der Waals surface area contributed by atoms with Gasteiger partial charge in [-0.15, -0.1) is 0 Å². The Morgan fingerprint density at radius 3 is 2.18 bits per heavy atom. The van der Waals surface area contributed by atoms with Crippen molar-refractivity contribution in [2.45, 2.75) is 48.6 Å². The average Bonchev–Trinajstić information content (AvgIpc) is 3.23. The summed E-state index contributed by atoms with van der Waals surface area (Å²) in [6.45, 7) is 5.97. The molecule has 1 aliphatic rings. The molecular weight excluding hydrogens is 844 g/mol. The highest BCUT2D eigenvalue weighted by Crippen LogP contribution is 2.31. The molecule has 1 aliphatic heterocycles. The summed E-state index contributed by atoms with van der Waals surface area (Å²) in [5.74, 6) is -0.582. The summed E-state index contributed by atoms with van der Waals surface area (Å²) in [6.07, 6.45) is 3.24. The summed E-state index contributed by atoms with van der Waals surface area (Å²) in [4.78, 5) is 29.7. The molecule has 0 radical (unpaired) electrons. The van der Waals surface area contributed by atoms with E-state index in [0.717, 1.165) is 74.0 Å². The van der Waals surface area contributed by atoms with E-state index < -0.39 is 58.6 Å². The highest BCUT2D eigenvalue weighted by molar-refractivity contribution is 8.07. The molecule has 60 heavy (non-hydrogen) atoms.